The average molecular weight is 492 g/mol. The maximum atomic E-state index is 14.0. The lowest BCUT2D eigenvalue weighted by Crippen LogP contribution is -2.61. The Bertz CT molecular complexity index is 1280. The van der Waals surface area contributed by atoms with Gasteiger partial charge in [-0.3, -0.25) is 9.59 Å². The van der Waals surface area contributed by atoms with Crippen LogP contribution in [0, 0.1) is 30.5 Å². The first-order valence-electron chi connectivity index (χ1n) is 12.6. The molecule has 5 nitrogen and oxygen atoms in total. The van der Waals surface area contributed by atoms with Crippen molar-refractivity contribution in [3.63, 3.8) is 0 Å². The summed E-state index contributed by atoms with van der Waals surface area (Å²) in [5.41, 5.74) is 1.17. The number of amides is 1. The van der Waals surface area contributed by atoms with Gasteiger partial charge in [-0.2, -0.15) is 5.10 Å². The number of aromatic nitrogens is 2. The van der Waals surface area contributed by atoms with E-state index >= 15 is 0 Å². The Labute approximate surface area is 208 Å². The molecule has 0 aliphatic heterocycles. The van der Waals surface area contributed by atoms with E-state index in [9.17, 15) is 14.0 Å². The van der Waals surface area contributed by atoms with Crippen LogP contribution >= 0.6 is 11.3 Å². The zero-order valence-corrected chi connectivity index (χ0v) is 20.8. The summed E-state index contributed by atoms with van der Waals surface area (Å²) >= 11 is 1.62. The van der Waals surface area contributed by atoms with Crippen molar-refractivity contribution in [2.24, 2.45) is 17.8 Å². The molecule has 1 aromatic carbocycles. The molecule has 0 atom stereocenters. The first-order valence-corrected chi connectivity index (χ1v) is 13.4. The smallest absolute Gasteiger partial charge is 0.267 e. The van der Waals surface area contributed by atoms with Gasteiger partial charge in [-0.05, 0) is 99.1 Å². The highest BCUT2D eigenvalue weighted by atomic mass is 32.1. The van der Waals surface area contributed by atoms with Crippen molar-refractivity contribution < 1.29 is 9.18 Å². The van der Waals surface area contributed by atoms with Gasteiger partial charge < -0.3 is 4.90 Å². The number of hydrogen-bond acceptors (Lipinski definition) is 4. The van der Waals surface area contributed by atoms with Crippen molar-refractivity contribution >= 4 is 17.2 Å². The van der Waals surface area contributed by atoms with Crippen LogP contribution in [0.3, 0.4) is 0 Å². The molecule has 4 aliphatic carbocycles. The molecule has 4 fully saturated rings. The average Bonchev–Trinajstić information content (AvgIpc) is 3.25. The molecule has 4 saturated carbocycles. The second-order valence-electron chi connectivity index (χ2n) is 10.9. The Balaban J connectivity index is 1.33. The van der Waals surface area contributed by atoms with E-state index in [2.05, 4.69) is 5.10 Å². The van der Waals surface area contributed by atoms with Crippen LogP contribution in [0.2, 0.25) is 0 Å². The van der Waals surface area contributed by atoms with Gasteiger partial charge in [0, 0.05) is 23.0 Å². The van der Waals surface area contributed by atoms with Gasteiger partial charge >= 0.3 is 0 Å². The Morgan fingerprint density at radius 1 is 1.03 bits per heavy atom. The number of hydrogen-bond donors (Lipinski definition) is 0. The summed E-state index contributed by atoms with van der Waals surface area (Å²) in [6.45, 7) is 2.39. The zero-order chi connectivity index (χ0) is 24.2. The van der Waals surface area contributed by atoms with Crippen LogP contribution in [0.25, 0.3) is 10.6 Å². The highest BCUT2D eigenvalue weighted by Gasteiger charge is 2.54. The normalized spacial score (nSPS) is 26.7. The first-order chi connectivity index (χ1) is 16.9. The summed E-state index contributed by atoms with van der Waals surface area (Å²) in [5.74, 6) is 1.67. The fourth-order valence-electron chi connectivity index (χ4n) is 7.17. The molecular weight excluding hydrogens is 461 g/mol. The quantitative estimate of drug-likeness (QED) is 0.463. The molecule has 2 heterocycles. The first kappa shape index (κ1) is 22.7. The van der Waals surface area contributed by atoms with Crippen LogP contribution in [0.5, 0.6) is 0 Å². The lowest BCUT2D eigenvalue weighted by molar-refractivity contribution is -0.153. The molecule has 7 heteroatoms. The molecule has 0 radical (unpaired) electrons. The zero-order valence-electron chi connectivity index (χ0n) is 20.0. The molecule has 3 aromatic rings. The van der Waals surface area contributed by atoms with E-state index in [1.54, 1.807) is 29.5 Å². The number of halogens is 1. The van der Waals surface area contributed by atoms with Crippen molar-refractivity contribution in [1.82, 2.24) is 14.7 Å². The molecule has 0 saturated heterocycles. The van der Waals surface area contributed by atoms with Gasteiger partial charge in [-0.1, -0.05) is 12.1 Å². The van der Waals surface area contributed by atoms with Crippen molar-refractivity contribution in [3.8, 4) is 10.6 Å². The maximum absolute atomic E-state index is 14.0. The summed E-state index contributed by atoms with van der Waals surface area (Å²) in [5, 5.41) is 4.56. The van der Waals surface area contributed by atoms with E-state index in [0.717, 1.165) is 29.7 Å². The van der Waals surface area contributed by atoms with Crippen molar-refractivity contribution in [2.75, 3.05) is 0 Å². The van der Waals surface area contributed by atoms with Gasteiger partial charge in [0.1, 0.15) is 18.1 Å². The Hall–Kier alpha value is -2.80. The SMILES string of the molecule is Cc1ccc(-c2ccc(=O)n(CC(=O)N(Cc3ccc(F)cc3)C34CC5CC(CC(C5)C3)C4)n2)s1. The summed E-state index contributed by atoms with van der Waals surface area (Å²) < 4.78 is 14.9. The standard InChI is InChI=1S/C28H30FN3O2S/c1-18-2-8-25(35-18)24-7-9-26(33)32(30-24)17-27(34)31(16-19-3-5-23(29)6-4-19)28-13-20-10-21(14-28)12-22(11-20)15-28/h2-9,20-22H,10-17H2,1H3. The van der Waals surface area contributed by atoms with E-state index in [-0.39, 0.29) is 29.4 Å². The summed E-state index contributed by atoms with van der Waals surface area (Å²) in [4.78, 5) is 30.8. The number of rotatable bonds is 6. The van der Waals surface area contributed by atoms with E-state index in [1.165, 1.54) is 47.0 Å². The van der Waals surface area contributed by atoms with E-state index < -0.39 is 0 Å². The molecule has 7 rings (SSSR count). The Morgan fingerprint density at radius 2 is 1.69 bits per heavy atom. The topological polar surface area (TPSA) is 55.2 Å². The predicted molar refractivity (Wildman–Crippen MR) is 134 cm³/mol. The Kier molecular flexibility index (Phi) is 5.63. The third-order valence-electron chi connectivity index (χ3n) is 8.28. The van der Waals surface area contributed by atoms with E-state index in [1.807, 2.05) is 24.0 Å². The summed E-state index contributed by atoms with van der Waals surface area (Å²) in [6, 6.07) is 13.7. The van der Waals surface area contributed by atoms with Crippen LogP contribution in [0.4, 0.5) is 4.39 Å². The minimum Gasteiger partial charge on any atom is -0.331 e. The number of carbonyl (C=O) groups is 1. The molecule has 4 aliphatic rings. The van der Waals surface area contributed by atoms with Crippen LogP contribution in [-0.4, -0.2) is 26.1 Å². The highest BCUT2D eigenvalue weighted by Crippen LogP contribution is 2.58. The second kappa shape index (κ2) is 8.70. The van der Waals surface area contributed by atoms with E-state index in [0.29, 0.717) is 30.0 Å². The van der Waals surface area contributed by atoms with Gasteiger partial charge in [0.2, 0.25) is 5.91 Å². The summed E-state index contributed by atoms with van der Waals surface area (Å²) in [7, 11) is 0. The second-order valence-corrected chi connectivity index (χ2v) is 12.2. The van der Waals surface area contributed by atoms with Crippen LogP contribution in [0.1, 0.15) is 49.0 Å². The van der Waals surface area contributed by atoms with Crippen molar-refractivity contribution in [2.45, 2.75) is 64.1 Å². The van der Waals surface area contributed by atoms with Crippen LogP contribution < -0.4 is 5.56 Å². The molecule has 182 valence electrons. The number of carbonyl (C=O) groups excluding carboxylic acids is 1. The number of aryl methyl sites for hydroxylation is 1. The minimum absolute atomic E-state index is 0.0783. The predicted octanol–water partition coefficient (Wildman–Crippen LogP) is 5.42. The van der Waals surface area contributed by atoms with Gasteiger partial charge in [0.15, 0.2) is 0 Å². The fourth-order valence-corrected chi connectivity index (χ4v) is 8.00. The number of nitrogens with zero attached hydrogens (tertiary/aromatic N) is 3. The third-order valence-corrected chi connectivity index (χ3v) is 9.30. The molecular formula is C28H30FN3O2S. The van der Waals surface area contributed by atoms with Crippen molar-refractivity contribution in [3.05, 3.63) is 75.1 Å². The molecule has 1 amide bonds. The third kappa shape index (κ3) is 4.35. The number of benzene rings is 1. The Morgan fingerprint density at radius 3 is 2.29 bits per heavy atom. The number of thiophene rings is 1. The van der Waals surface area contributed by atoms with Gasteiger partial charge in [-0.15, -0.1) is 11.3 Å². The van der Waals surface area contributed by atoms with Crippen molar-refractivity contribution in [1.29, 1.82) is 0 Å². The van der Waals surface area contributed by atoms with Gasteiger partial charge in [0.05, 0.1) is 4.88 Å². The lowest BCUT2D eigenvalue weighted by Gasteiger charge is -2.60. The monoisotopic (exact) mass is 491 g/mol. The fraction of sp³-hybridized carbons (Fsp3) is 0.464. The molecule has 0 spiro atoms. The molecule has 0 unspecified atom stereocenters. The van der Waals surface area contributed by atoms with Gasteiger partial charge in [-0.25, -0.2) is 9.07 Å². The van der Waals surface area contributed by atoms with Crippen LogP contribution in [0.15, 0.2) is 53.3 Å². The maximum Gasteiger partial charge on any atom is 0.267 e. The van der Waals surface area contributed by atoms with Gasteiger partial charge in [0.25, 0.3) is 5.56 Å². The minimum atomic E-state index is -0.280. The van der Waals surface area contributed by atoms with E-state index in [4.69, 9.17) is 0 Å². The molecule has 4 bridgehead atoms. The molecule has 2 aromatic heterocycles. The van der Waals surface area contributed by atoms with Crippen LogP contribution in [-0.2, 0) is 17.9 Å². The lowest BCUT2D eigenvalue weighted by atomic mass is 9.52. The largest absolute Gasteiger partial charge is 0.331 e. The molecule has 35 heavy (non-hydrogen) atoms. The summed E-state index contributed by atoms with van der Waals surface area (Å²) in [6.07, 6.45) is 6.93. The molecule has 0 N–H and O–H groups in total. The highest BCUT2D eigenvalue weighted by molar-refractivity contribution is 7.15.